The van der Waals surface area contributed by atoms with Gasteiger partial charge in [-0.1, -0.05) is 0 Å². The van der Waals surface area contributed by atoms with E-state index in [-0.39, 0.29) is 5.82 Å². The molecule has 0 unspecified atom stereocenters. The number of nitrogens with two attached hydrogens (primary N) is 3. The zero-order valence-electron chi connectivity index (χ0n) is 9.46. The molecule has 1 aromatic carbocycles. The van der Waals surface area contributed by atoms with Crippen LogP contribution in [0.15, 0.2) is 36.4 Å². The molecule has 0 saturated carbocycles. The number of amides is 1. The number of pyridine rings is 1. The van der Waals surface area contributed by atoms with Crippen LogP contribution < -0.4 is 21.9 Å². The lowest BCUT2D eigenvalue weighted by atomic mass is 10.2. The van der Waals surface area contributed by atoms with Crippen LogP contribution in [0.4, 0.5) is 11.5 Å². The summed E-state index contributed by atoms with van der Waals surface area (Å²) in [5, 5.41) is 0. The number of aromatic nitrogens is 1. The Morgan fingerprint density at radius 3 is 2.28 bits per heavy atom. The molecule has 1 aromatic heterocycles. The molecule has 0 spiro atoms. The van der Waals surface area contributed by atoms with Crippen LogP contribution in [0.3, 0.4) is 0 Å². The summed E-state index contributed by atoms with van der Waals surface area (Å²) in [6, 6.07) is 9.59. The summed E-state index contributed by atoms with van der Waals surface area (Å²) in [7, 11) is 0. The van der Waals surface area contributed by atoms with Crippen molar-refractivity contribution in [2.45, 2.75) is 0 Å². The van der Waals surface area contributed by atoms with Crippen molar-refractivity contribution in [1.82, 2.24) is 4.98 Å². The van der Waals surface area contributed by atoms with E-state index in [1.54, 1.807) is 36.4 Å². The van der Waals surface area contributed by atoms with Crippen LogP contribution in [0.1, 0.15) is 10.4 Å². The van der Waals surface area contributed by atoms with Crippen molar-refractivity contribution in [3.05, 3.63) is 42.0 Å². The van der Waals surface area contributed by atoms with Gasteiger partial charge in [0.05, 0.1) is 5.69 Å². The number of hydrogen-bond acceptors (Lipinski definition) is 5. The van der Waals surface area contributed by atoms with Crippen molar-refractivity contribution in [1.29, 1.82) is 0 Å². The minimum Gasteiger partial charge on any atom is -0.439 e. The third kappa shape index (κ3) is 2.49. The van der Waals surface area contributed by atoms with Crippen molar-refractivity contribution in [2.75, 3.05) is 11.5 Å². The molecular formula is C12H12N4O2. The molecule has 1 heterocycles. The van der Waals surface area contributed by atoms with Gasteiger partial charge >= 0.3 is 0 Å². The molecule has 0 fully saturated rings. The second-order valence-electron chi connectivity index (χ2n) is 3.61. The highest BCUT2D eigenvalue weighted by Gasteiger charge is 2.03. The van der Waals surface area contributed by atoms with Gasteiger partial charge in [0.15, 0.2) is 5.82 Å². The predicted molar refractivity (Wildman–Crippen MR) is 68.1 cm³/mol. The summed E-state index contributed by atoms with van der Waals surface area (Å²) in [6.07, 6.45) is 0. The molecular weight excluding hydrogens is 232 g/mol. The van der Waals surface area contributed by atoms with Crippen LogP contribution >= 0.6 is 0 Å². The first-order valence-corrected chi connectivity index (χ1v) is 5.16. The summed E-state index contributed by atoms with van der Waals surface area (Å²) >= 11 is 0. The van der Waals surface area contributed by atoms with Crippen LogP contribution in [0, 0.1) is 0 Å². The van der Waals surface area contributed by atoms with Crippen LogP contribution in [-0.4, -0.2) is 10.9 Å². The number of primary amides is 1. The Morgan fingerprint density at radius 2 is 1.72 bits per heavy atom. The molecule has 18 heavy (non-hydrogen) atoms. The van der Waals surface area contributed by atoms with Gasteiger partial charge in [0.1, 0.15) is 5.75 Å². The fourth-order valence-electron chi connectivity index (χ4n) is 1.33. The maximum Gasteiger partial charge on any atom is 0.248 e. The van der Waals surface area contributed by atoms with Gasteiger partial charge in [-0.3, -0.25) is 4.79 Å². The first-order valence-electron chi connectivity index (χ1n) is 5.16. The second-order valence-corrected chi connectivity index (χ2v) is 3.61. The molecule has 6 heteroatoms. The molecule has 0 aliphatic carbocycles. The Morgan fingerprint density at radius 1 is 1.06 bits per heavy atom. The quantitative estimate of drug-likeness (QED) is 0.748. The first kappa shape index (κ1) is 11.7. The van der Waals surface area contributed by atoms with Crippen LogP contribution in [0.25, 0.3) is 0 Å². The summed E-state index contributed by atoms with van der Waals surface area (Å²) < 4.78 is 5.45. The van der Waals surface area contributed by atoms with E-state index in [2.05, 4.69) is 4.98 Å². The van der Waals surface area contributed by atoms with Crippen LogP contribution in [-0.2, 0) is 0 Å². The van der Waals surface area contributed by atoms with Gasteiger partial charge in [-0.25, -0.2) is 0 Å². The Bertz CT molecular complexity index is 581. The van der Waals surface area contributed by atoms with Gasteiger partial charge in [0.2, 0.25) is 11.8 Å². The number of benzene rings is 1. The van der Waals surface area contributed by atoms with E-state index in [1.165, 1.54) is 0 Å². The average Bonchev–Trinajstić information content (AvgIpc) is 2.34. The smallest absolute Gasteiger partial charge is 0.248 e. The van der Waals surface area contributed by atoms with E-state index in [9.17, 15) is 4.79 Å². The predicted octanol–water partition coefficient (Wildman–Crippen LogP) is 1.14. The normalized spacial score (nSPS) is 10.0. The highest BCUT2D eigenvalue weighted by atomic mass is 16.5. The summed E-state index contributed by atoms with van der Waals surface area (Å²) in [4.78, 5) is 14.9. The molecule has 2 rings (SSSR count). The Hall–Kier alpha value is -2.76. The van der Waals surface area contributed by atoms with Crippen molar-refractivity contribution in [3.8, 4) is 11.6 Å². The van der Waals surface area contributed by atoms with Crippen molar-refractivity contribution in [2.24, 2.45) is 5.73 Å². The number of nitrogen functional groups attached to an aromatic ring is 2. The number of nitrogens with zero attached hydrogens (tertiary/aromatic N) is 1. The number of ether oxygens (including phenoxy) is 1. The number of hydrogen-bond donors (Lipinski definition) is 3. The molecule has 6 nitrogen and oxygen atoms in total. The molecule has 0 saturated heterocycles. The molecule has 0 aliphatic rings. The van der Waals surface area contributed by atoms with Crippen LogP contribution in [0.5, 0.6) is 11.6 Å². The Labute approximate surface area is 103 Å². The summed E-state index contributed by atoms with van der Waals surface area (Å²) in [6.45, 7) is 0. The topological polar surface area (TPSA) is 117 Å². The van der Waals surface area contributed by atoms with Gasteiger partial charge in [0.25, 0.3) is 0 Å². The van der Waals surface area contributed by atoms with Gasteiger partial charge in [-0.05, 0) is 30.3 Å². The lowest BCUT2D eigenvalue weighted by Gasteiger charge is -2.06. The minimum atomic E-state index is -0.489. The maximum atomic E-state index is 10.9. The van der Waals surface area contributed by atoms with E-state index >= 15 is 0 Å². The zero-order valence-corrected chi connectivity index (χ0v) is 9.46. The number of carbonyl (C=O) groups is 1. The van der Waals surface area contributed by atoms with Crippen LogP contribution in [0.2, 0.25) is 0 Å². The monoisotopic (exact) mass is 244 g/mol. The maximum absolute atomic E-state index is 10.9. The van der Waals surface area contributed by atoms with Gasteiger partial charge < -0.3 is 21.9 Å². The lowest BCUT2D eigenvalue weighted by Crippen LogP contribution is -2.10. The SMILES string of the molecule is NC(=O)c1ccc(Oc2ccc(N)c(N)n2)cc1. The fourth-order valence-corrected chi connectivity index (χ4v) is 1.33. The van der Waals surface area contributed by atoms with E-state index in [0.717, 1.165) is 0 Å². The van der Waals surface area contributed by atoms with Crippen molar-refractivity contribution >= 4 is 17.4 Å². The standard InChI is InChI=1S/C12H12N4O2/c13-9-5-6-10(16-11(9)14)18-8-3-1-7(2-4-8)12(15)17/h1-6H,13H2,(H2,14,16)(H2,15,17). The van der Waals surface area contributed by atoms with Crippen molar-refractivity contribution in [3.63, 3.8) is 0 Å². The number of rotatable bonds is 3. The van der Waals surface area contributed by atoms with Gasteiger partial charge in [0, 0.05) is 11.6 Å². The third-order valence-electron chi connectivity index (χ3n) is 2.29. The van der Waals surface area contributed by atoms with E-state index < -0.39 is 5.91 Å². The van der Waals surface area contributed by atoms with E-state index in [1.807, 2.05) is 0 Å². The zero-order chi connectivity index (χ0) is 13.1. The lowest BCUT2D eigenvalue weighted by molar-refractivity contribution is 0.100. The summed E-state index contributed by atoms with van der Waals surface area (Å²) in [5.41, 5.74) is 17.0. The molecule has 2 aromatic rings. The highest BCUT2D eigenvalue weighted by molar-refractivity contribution is 5.92. The summed E-state index contributed by atoms with van der Waals surface area (Å²) in [5.74, 6) is 0.572. The highest BCUT2D eigenvalue weighted by Crippen LogP contribution is 2.22. The molecule has 0 atom stereocenters. The minimum absolute atomic E-state index is 0.209. The molecule has 6 N–H and O–H groups in total. The third-order valence-corrected chi connectivity index (χ3v) is 2.29. The first-order chi connectivity index (χ1) is 8.56. The fraction of sp³-hybridized carbons (Fsp3) is 0. The number of carbonyl (C=O) groups excluding carboxylic acids is 1. The van der Waals surface area contributed by atoms with E-state index in [0.29, 0.717) is 22.9 Å². The largest absolute Gasteiger partial charge is 0.439 e. The molecule has 0 radical (unpaired) electrons. The number of anilines is 2. The molecule has 92 valence electrons. The molecule has 0 aliphatic heterocycles. The van der Waals surface area contributed by atoms with Gasteiger partial charge in [-0.2, -0.15) is 4.98 Å². The Kier molecular flexibility index (Phi) is 3.01. The molecule has 0 bridgehead atoms. The second kappa shape index (κ2) is 4.62. The Balaban J connectivity index is 2.18. The van der Waals surface area contributed by atoms with E-state index in [4.69, 9.17) is 21.9 Å². The van der Waals surface area contributed by atoms with Gasteiger partial charge in [-0.15, -0.1) is 0 Å². The molecule has 1 amide bonds. The van der Waals surface area contributed by atoms with Crippen molar-refractivity contribution < 1.29 is 9.53 Å². The average molecular weight is 244 g/mol.